The van der Waals surface area contributed by atoms with Crippen LogP contribution in [0, 0.1) is 6.92 Å². The van der Waals surface area contributed by atoms with Gasteiger partial charge in [0.25, 0.3) is 5.56 Å². The van der Waals surface area contributed by atoms with Crippen molar-refractivity contribution in [1.29, 1.82) is 0 Å². The maximum atomic E-state index is 12.3. The van der Waals surface area contributed by atoms with Crippen LogP contribution in [0.3, 0.4) is 0 Å². The molecule has 1 aliphatic rings. The highest BCUT2D eigenvalue weighted by Crippen LogP contribution is 2.27. The lowest BCUT2D eigenvalue weighted by Gasteiger charge is -2.25. The lowest BCUT2D eigenvalue weighted by Crippen LogP contribution is -2.29. The molecule has 21 heavy (non-hydrogen) atoms. The molecule has 0 saturated carbocycles. The standard InChI is InChI=1S/C17H19ClN2O/c1-11-5-6-12(14(18)9-11)10-20-16-4-2-3-15(19)13(16)7-8-17(20)21/h5-9,15H,2-4,10,19H2,1H3. The molecule has 3 nitrogen and oxygen atoms in total. The molecular formula is C17H19ClN2O. The monoisotopic (exact) mass is 302 g/mol. The highest BCUT2D eigenvalue weighted by molar-refractivity contribution is 6.31. The summed E-state index contributed by atoms with van der Waals surface area (Å²) in [4.78, 5) is 12.3. The number of pyridine rings is 1. The van der Waals surface area contributed by atoms with E-state index in [9.17, 15) is 4.79 Å². The number of halogens is 1. The molecule has 0 saturated heterocycles. The lowest BCUT2D eigenvalue weighted by atomic mass is 9.91. The van der Waals surface area contributed by atoms with Gasteiger partial charge in [-0.05, 0) is 48.9 Å². The van der Waals surface area contributed by atoms with Crippen molar-refractivity contribution in [2.24, 2.45) is 5.73 Å². The first kappa shape index (κ1) is 14.4. The molecule has 0 aliphatic heterocycles. The molecule has 2 aromatic rings. The molecule has 1 aliphatic carbocycles. The van der Waals surface area contributed by atoms with E-state index in [0.29, 0.717) is 11.6 Å². The number of aromatic nitrogens is 1. The lowest BCUT2D eigenvalue weighted by molar-refractivity contribution is 0.529. The maximum Gasteiger partial charge on any atom is 0.251 e. The number of rotatable bonds is 2. The minimum atomic E-state index is 0.0134. The van der Waals surface area contributed by atoms with E-state index in [1.807, 2.05) is 35.8 Å². The summed E-state index contributed by atoms with van der Waals surface area (Å²) < 4.78 is 1.82. The summed E-state index contributed by atoms with van der Waals surface area (Å²) in [5.41, 5.74) is 10.4. The van der Waals surface area contributed by atoms with Gasteiger partial charge in [0.15, 0.2) is 0 Å². The molecular weight excluding hydrogens is 284 g/mol. The van der Waals surface area contributed by atoms with Gasteiger partial charge in [0.1, 0.15) is 0 Å². The summed E-state index contributed by atoms with van der Waals surface area (Å²) in [6.45, 7) is 2.51. The Morgan fingerprint density at radius 1 is 1.33 bits per heavy atom. The molecule has 0 amide bonds. The Morgan fingerprint density at radius 2 is 2.14 bits per heavy atom. The van der Waals surface area contributed by atoms with Crippen molar-refractivity contribution in [3.63, 3.8) is 0 Å². The van der Waals surface area contributed by atoms with Gasteiger partial charge in [-0.15, -0.1) is 0 Å². The first-order valence-corrected chi connectivity index (χ1v) is 7.67. The van der Waals surface area contributed by atoms with Gasteiger partial charge in [0.05, 0.1) is 6.54 Å². The highest BCUT2D eigenvalue weighted by Gasteiger charge is 2.20. The average molecular weight is 303 g/mol. The van der Waals surface area contributed by atoms with E-state index in [1.165, 1.54) is 0 Å². The molecule has 3 rings (SSSR count). The Morgan fingerprint density at radius 3 is 2.90 bits per heavy atom. The van der Waals surface area contributed by atoms with E-state index in [-0.39, 0.29) is 11.6 Å². The molecule has 4 heteroatoms. The summed E-state index contributed by atoms with van der Waals surface area (Å²) in [5.74, 6) is 0. The zero-order valence-electron chi connectivity index (χ0n) is 12.1. The summed E-state index contributed by atoms with van der Waals surface area (Å²) in [6.07, 6.45) is 2.92. The molecule has 0 bridgehead atoms. The SMILES string of the molecule is Cc1ccc(Cn2c3c(ccc2=O)C(N)CCC3)c(Cl)c1. The van der Waals surface area contributed by atoms with Crippen LogP contribution in [0.15, 0.2) is 35.1 Å². The minimum absolute atomic E-state index is 0.0134. The zero-order chi connectivity index (χ0) is 15.0. The summed E-state index contributed by atoms with van der Waals surface area (Å²) >= 11 is 6.30. The van der Waals surface area contributed by atoms with Gasteiger partial charge in [0.2, 0.25) is 0 Å². The molecule has 0 spiro atoms. The second-order valence-corrected chi connectivity index (χ2v) is 6.16. The number of nitrogens with zero attached hydrogens (tertiary/aromatic N) is 1. The summed E-state index contributed by atoms with van der Waals surface area (Å²) in [6, 6.07) is 9.48. The fourth-order valence-corrected chi connectivity index (χ4v) is 3.32. The highest BCUT2D eigenvalue weighted by atomic mass is 35.5. The number of hydrogen-bond acceptors (Lipinski definition) is 2. The molecule has 2 N–H and O–H groups in total. The van der Waals surface area contributed by atoms with E-state index in [1.54, 1.807) is 6.07 Å². The number of nitrogens with two attached hydrogens (primary N) is 1. The van der Waals surface area contributed by atoms with E-state index in [2.05, 4.69) is 0 Å². The Balaban J connectivity index is 2.06. The van der Waals surface area contributed by atoms with Crippen molar-refractivity contribution in [2.45, 2.75) is 38.8 Å². The van der Waals surface area contributed by atoms with Gasteiger partial charge in [-0.1, -0.05) is 29.8 Å². The third-order valence-electron chi connectivity index (χ3n) is 4.20. The van der Waals surface area contributed by atoms with Crippen molar-refractivity contribution < 1.29 is 0 Å². The predicted molar refractivity (Wildman–Crippen MR) is 85.9 cm³/mol. The minimum Gasteiger partial charge on any atom is -0.324 e. The van der Waals surface area contributed by atoms with Crippen molar-refractivity contribution in [2.75, 3.05) is 0 Å². The van der Waals surface area contributed by atoms with Crippen molar-refractivity contribution in [1.82, 2.24) is 4.57 Å². The van der Waals surface area contributed by atoms with Crippen molar-refractivity contribution in [3.05, 3.63) is 68.1 Å². The van der Waals surface area contributed by atoms with Crippen molar-refractivity contribution in [3.8, 4) is 0 Å². The molecule has 1 unspecified atom stereocenters. The van der Waals surface area contributed by atoms with Crippen molar-refractivity contribution >= 4 is 11.6 Å². The average Bonchev–Trinajstić information content (AvgIpc) is 2.44. The van der Waals surface area contributed by atoms with Crippen LogP contribution in [0.4, 0.5) is 0 Å². The van der Waals surface area contributed by atoms with Crippen LogP contribution in [-0.2, 0) is 13.0 Å². The fraction of sp³-hybridized carbons (Fsp3) is 0.353. The van der Waals surface area contributed by atoms with E-state index >= 15 is 0 Å². The van der Waals surface area contributed by atoms with Gasteiger partial charge in [-0.3, -0.25) is 4.79 Å². The Kier molecular flexibility index (Phi) is 3.87. The predicted octanol–water partition coefficient (Wildman–Crippen LogP) is 3.19. The largest absolute Gasteiger partial charge is 0.324 e. The second kappa shape index (κ2) is 5.66. The van der Waals surface area contributed by atoms with Gasteiger partial charge in [0, 0.05) is 22.8 Å². The van der Waals surface area contributed by atoms with Crippen LogP contribution in [0.25, 0.3) is 0 Å². The fourth-order valence-electron chi connectivity index (χ4n) is 3.02. The van der Waals surface area contributed by atoms with Crippen LogP contribution in [0.1, 0.15) is 41.3 Å². The Bertz CT molecular complexity index is 736. The smallest absolute Gasteiger partial charge is 0.251 e. The van der Waals surface area contributed by atoms with E-state index < -0.39 is 0 Å². The number of hydrogen-bond donors (Lipinski definition) is 1. The van der Waals surface area contributed by atoms with Crippen LogP contribution in [0.5, 0.6) is 0 Å². The molecule has 1 aromatic heterocycles. The number of aryl methyl sites for hydroxylation is 1. The number of fused-ring (bicyclic) bond motifs is 1. The quantitative estimate of drug-likeness (QED) is 0.926. The van der Waals surface area contributed by atoms with Gasteiger partial charge in [-0.25, -0.2) is 0 Å². The zero-order valence-corrected chi connectivity index (χ0v) is 12.9. The Labute approximate surface area is 129 Å². The van der Waals surface area contributed by atoms with Crippen LogP contribution in [-0.4, -0.2) is 4.57 Å². The molecule has 1 atom stereocenters. The van der Waals surface area contributed by atoms with E-state index in [0.717, 1.165) is 41.6 Å². The Hall–Kier alpha value is -1.58. The van der Waals surface area contributed by atoms with Gasteiger partial charge in [-0.2, -0.15) is 0 Å². The van der Waals surface area contributed by atoms with Gasteiger partial charge >= 0.3 is 0 Å². The third-order valence-corrected chi connectivity index (χ3v) is 4.55. The number of benzene rings is 1. The molecule has 110 valence electrons. The third kappa shape index (κ3) is 2.76. The van der Waals surface area contributed by atoms with Crippen LogP contribution < -0.4 is 11.3 Å². The first-order valence-electron chi connectivity index (χ1n) is 7.29. The molecule has 1 aromatic carbocycles. The normalized spacial score (nSPS) is 17.6. The molecule has 0 radical (unpaired) electrons. The van der Waals surface area contributed by atoms with E-state index in [4.69, 9.17) is 17.3 Å². The van der Waals surface area contributed by atoms with Gasteiger partial charge < -0.3 is 10.3 Å². The van der Waals surface area contributed by atoms with Crippen LogP contribution in [0.2, 0.25) is 5.02 Å². The van der Waals surface area contributed by atoms with Crippen LogP contribution >= 0.6 is 11.6 Å². The summed E-state index contributed by atoms with van der Waals surface area (Å²) in [7, 11) is 0. The first-order chi connectivity index (χ1) is 10.1. The maximum absolute atomic E-state index is 12.3. The molecule has 0 fully saturated rings. The summed E-state index contributed by atoms with van der Waals surface area (Å²) in [5, 5.41) is 0.708. The second-order valence-electron chi connectivity index (χ2n) is 5.75. The molecule has 1 heterocycles. The topological polar surface area (TPSA) is 48.0 Å².